The van der Waals surface area contributed by atoms with Gasteiger partial charge < -0.3 is 14.4 Å². The van der Waals surface area contributed by atoms with Crippen LogP contribution in [0.3, 0.4) is 0 Å². The van der Waals surface area contributed by atoms with Crippen LogP contribution in [0.25, 0.3) is 0 Å². The number of anilines is 2. The molecule has 2 heterocycles. The molecule has 4 aliphatic carbocycles. The summed E-state index contributed by atoms with van der Waals surface area (Å²) in [4.78, 5) is 65.8. The number of esters is 1. The number of ether oxygens (including phenoxy) is 2. The highest BCUT2D eigenvalue weighted by molar-refractivity contribution is 6.22. The summed E-state index contributed by atoms with van der Waals surface area (Å²) < 4.78 is 10.9. The minimum atomic E-state index is -0.789. The average Bonchev–Trinajstić information content (AvgIpc) is 3.63. The second kappa shape index (κ2) is 8.73. The maximum absolute atomic E-state index is 13.4. The quantitative estimate of drug-likeness (QED) is 0.135. The Hall–Kier alpha value is -4.54. The number of nitrogens with zero attached hydrogens (tertiary/aromatic N) is 3. The molecule has 0 spiro atoms. The van der Waals surface area contributed by atoms with Gasteiger partial charge in [0.25, 0.3) is 5.69 Å². The average molecular weight is 544 g/mol. The van der Waals surface area contributed by atoms with Crippen molar-refractivity contribution in [3.05, 3.63) is 64.7 Å². The fourth-order valence-corrected chi connectivity index (χ4v) is 7.20. The SMILES string of the molecule is COc1cc([N+](=O)[O-])ccc1N1C[C@H](C(=O)Oc2cccc(N3C(=O)[C@@H]4[C@H]5C=C[C@@H]([C@@H]6C[C@H]56)[C@@H]4C3=O)c2)CC1=O. The van der Waals surface area contributed by atoms with Crippen molar-refractivity contribution in [2.45, 2.75) is 12.8 Å². The summed E-state index contributed by atoms with van der Waals surface area (Å²) in [5.41, 5.74) is 0.504. The van der Waals surface area contributed by atoms with Crippen molar-refractivity contribution < 1.29 is 33.6 Å². The van der Waals surface area contributed by atoms with Gasteiger partial charge in [-0.2, -0.15) is 0 Å². The second-order valence-electron chi connectivity index (χ2n) is 11.1. The van der Waals surface area contributed by atoms with E-state index in [0.29, 0.717) is 23.2 Å². The van der Waals surface area contributed by atoms with Gasteiger partial charge in [-0.05, 0) is 48.3 Å². The van der Waals surface area contributed by atoms with E-state index in [0.717, 1.165) is 6.42 Å². The molecule has 2 saturated heterocycles. The van der Waals surface area contributed by atoms with Crippen LogP contribution in [0.2, 0.25) is 0 Å². The minimum absolute atomic E-state index is 0.0100. The van der Waals surface area contributed by atoms with Gasteiger partial charge in [-0.15, -0.1) is 0 Å². The van der Waals surface area contributed by atoms with E-state index in [9.17, 15) is 29.3 Å². The van der Waals surface area contributed by atoms with Crippen LogP contribution in [0, 0.1) is 51.5 Å². The molecular weight excluding hydrogens is 518 g/mol. The maximum atomic E-state index is 13.4. The summed E-state index contributed by atoms with van der Waals surface area (Å²) in [5.74, 6) is -1.29. The second-order valence-corrected chi connectivity index (χ2v) is 11.1. The molecule has 8 rings (SSSR count). The number of amides is 3. The van der Waals surface area contributed by atoms with Crippen LogP contribution in [-0.4, -0.2) is 42.3 Å². The molecule has 6 aliphatic rings. The van der Waals surface area contributed by atoms with E-state index in [-0.39, 0.29) is 71.5 Å². The Morgan fingerprint density at radius 3 is 2.35 bits per heavy atom. The van der Waals surface area contributed by atoms with Gasteiger partial charge in [0.2, 0.25) is 17.7 Å². The fraction of sp³-hybridized carbons (Fsp3) is 0.379. The minimum Gasteiger partial charge on any atom is -0.494 e. The lowest BCUT2D eigenvalue weighted by atomic mass is 9.63. The van der Waals surface area contributed by atoms with E-state index in [4.69, 9.17) is 9.47 Å². The van der Waals surface area contributed by atoms with Gasteiger partial charge in [-0.3, -0.25) is 29.3 Å². The van der Waals surface area contributed by atoms with Gasteiger partial charge in [-0.25, -0.2) is 4.90 Å². The number of carbonyl (C=O) groups is 4. The summed E-state index contributed by atoms with van der Waals surface area (Å²) in [6, 6.07) is 10.3. The van der Waals surface area contributed by atoms with E-state index < -0.39 is 16.8 Å². The lowest BCUT2D eigenvalue weighted by Gasteiger charge is -2.37. The van der Waals surface area contributed by atoms with Crippen LogP contribution in [0.15, 0.2) is 54.6 Å². The number of non-ortho nitro benzene ring substituents is 1. The summed E-state index contributed by atoms with van der Waals surface area (Å²) in [6.07, 6.45) is 5.21. The van der Waals surface area contributed by atoms with Gasteiger partial charge in [-0.1, -0.05) is 18.2 Å². The van der Waals surface area contributed by atoms with Gasteiger partial charge in [0.1, 0.15) is 11.5 Å². The molecule has 2 saturated carbocycles. The Bertz CT molecular complexity index is 1500. The zero-order valence-corrected chi connectivity index (χ0v) is 21.5. The molecule has 3 amide bonds. The number of carbonyl (C=O) groups excluding carboxylic acids is 4. The number of hydrogen-bond donors (Lipinski definition) is 0. The standard InChI is InChI=1S/C29H25N3O8/c1-39-23-11-16(32(37)38)5-8-22(23)30-13-14(9-24(30)33)29(36)40-17-4-2-3-15(10-17)31-27(34)25-18-6-7-19(21-12-20(18)21)26(25)28(31)35/h2-8,10-11,14,18-21,25-26H,9,12-13H2,1H3/t14-,18+,19+,20-,21+,25-,26+/m1/s1. The Labute approximate surface area is 228 Å². The topological polar surface area (TPSA) is 136 Å². The zero-order chi connectivity index (χ0) is 27.9. The van der Waals surface area contributed by atoms with Crippen molar-refractivity contribution in [2.24, 2.45) is 41.4 Å². The number of allylic oxidation sites excluding steroid dienone is 2. The molecule has 40 heavy (non-hydrogen) atoms. The van der Waals surface area contributed by atoms with Crippen molar-refractivity contribution in [2.75, 3.05) is 23.5 Å². The van der Waals surface area contributed by atoms with Gasteiger partial charge in [0.15, 0.2) is 0 Å². The number of hydrogen-bond acceptors (Lipinski definition) is 8. The van der Waals surface area contributed by atoms with Crippen LogP contribution in [0.4, 0.5) is 17.1 Å². The molecule has 0 aromatic heterocycles. The first kappa shape index (κ1) is 24.5. The molecule has 2 aromatic carbocycles. The molecular formula is C29H25N3O8. The highest BCUT2D eigenvalue weighted by atomic mass is 16.6. The number of benzene rings is 2. The highest BCUT2D eigenvalue weighted by Gasteiger charge is 2.67. The van der Waals surface area contributed by atoms with Crippen molar-refractivity contribution in [1.29, 1.82) is 0 Å². The Balaban J connectivity index is 1.07. The van der Waals surface area contributed by atoms with Crippen LogP contribution in [0.1, 0.15) is 12.8 Å². The van der Waals surface area contributed by atoms with Crippen LogP contribution in [0.5, 0.6) is 11.5 Å². The summed E-state index contributed by atoms with van der Waals surface area (Å²) in [7, 11) is 1.34. The first-order chi connectivity index (χ1) is 19.3. The van der Waals surface area contributed by atoms with Crippen LogP contribution in [-0.2, 0) is 19.2 Å². The van der Waals surface area contributed by atoms with E-state index >= 15 is 0 Å². The molecule has 204 valence electrons. The first-order valence-corrected chi connectivity index (χ1v) is 13.3. The van der Waals surface area contributed by atoms with E-state index in [1.807, 2.05) is 0 Å². The maximum Gasteiger partial charge on any atom is 0.316 e. The fourth-order valence-electron chi connectivity index (χ4n) is 7.20. The highest BCUT2D eigenvalue weighted by Crippen LogP contribution is 2.65. The monoisotopic (exact) mass is 543 g/mol. The molecule has 0 radical (unpaired) electrons. The molecule has 0 unspecified atom stereocenters. The lowest BCUT2D eigenvalue weighted by molar-refractivity contribution is -0.384. The molecule has 2 aliphatic heterocycles. The first-order valence-electron chi connectivity index (χ1n) is 13.3. The van der Waals surface area contributed by atoms with Gasteiger partial charge in [0.05, 0.1) is 47.2 Å². The molecule has 11 nitrogen and oxygen atoms in total. The zero-order valence-electron chi connectivity index (χ0n) is 21.5. The van der Waals surface area contributed by atoms with Crippen molar-refractivity contribution in [3.8, 4) is 11.5 Å². The molecule has 11 heteroatoms. The number of imide groups is 1. The van der Waals surface area contributed by atoms with E-state index in [2.05, 4.69) is 12.2 Å². The smallest absolute Gasteiger partial charge is 0.316 e. The molecule has 4 fully saturated rings. The summed E-state index contributed by atoms with van der Waals surface area (Å²) in [5, 5.41) is 11.1. The molecule has 0 N–H and O–H groups in total. The Kier molecular flexibility index (Phi) is 5.35. The van der Waals surface area contributed by atoms with Crippen molar-refractivity contribution in [1.82, 2.24) is 0 Å². The number of methoxy groups -OCH3 is 1. The van der Waals surface area contributed by atoms with Gasteiger partial charge in [0, 0.05) is 25.1 Å². The Morgan fingerprint density at radius 1 is 1.00 bits per heavy atom. The number of rotatable bonds is 6. The molecule has 7 atom stereocenters. The Morgan fingerprint density at radius 2 is 1.70 bits per heavy atom. The van der Waals surface area contributed by atoms with Crippen molar-refractivity contribution in [3.63, 3.8) is 0 Å². The lowest BCUT2D eigenvalue weighted by Crippen LogP contribution is -2.40. The van der Waals surface area contributed by atoms with Crippen LogP contribution >= 0.6 is 0 Å². The number of nitro benzene ring substituents is 1. The van der Waals surface area contributed by atoms with Crippen LogP contribution < -0.4 is 19.3 Å². The third kappa shape index (κ3) is 3.56. The van der Waals surface area contributed by atoms with E-state index in [1.165, 1.54) is 41.2 Å². The summed E-state index contributed by atoms with van der Waals surface area (Å²) in [6.45, 7) is 0.0100. The normalized spacial score (nSPS) is 31.3. The number of nitro groups is 1. The van der Waals surface area contributed by atoms with E-state index in [1.54, 1.807) is 18.2 Å². The van der Waals surface area contributed by atoms with Gasteiger partial charge >= 0.3 is 5.97 Å². The van der Waals surface area contributed by atoms with Crippen molar-refractivity contribution >= 4 is 40.8 Å². The molecule has 2 aromatic rings. The molecule has 2 bridgehead atoms. The third-order valence-corrected chi connectivity index (χ3v) is 9.08. The third-order valence-electron chi connectivity index (χ3n) is 9.08. The largest absolute Gasteiger partial charge is 0.494 e. The summed E-state index contributed by atoms with van der Waals surface area (Å²) >= 11 is 0. The predicted octanol–water partition coefficient (Wildman–Crippen LogP) is 3.12. The predicted molar refractivity (Wildman–Crippen MR) is 139 cm³/mol.